The van der Waals surface area contributed by atoms with Crippen molar-refractivity contribution in [2.75, 3.05) is 13.1 Å². The lowest BCUT2D eigenvalue weighted by Gasteiger charge is -2.29. The van der Waals surface area contributed by atoms with Crippen LogP contribution in [0.3, 0.4) is 0 Å². The van der Waals surface area contributed by atoms with Crippen LogP contribution in [0.4, 0.5) is 0 Å². The van der Waals surface area contributed by atoms with Gasteiger partial charge in [0.05, 0.1) is 6.26 Å². The van der Waals surface area contributed by atoms with Gasteiger partial charge in [-0.1, -0.05) is 20.8 Å². The number of carbonyl (C=O) groups excluding carboxylic acids is 1. The van der Waals surface area contributed by atoms with Gasteiger partial charge in [-0.3, -0.25) is 15.1 Å². The van der Waals surface area contributed by atoms with Gasteiger partial charge >= 0.3 is 5.91 Å². The fraction of sp³-hybridized carbons (Fsp3) is 0.688. The molecule has 1 unspecified atom stereocenters. The van der Waals surface area contributed by atoms with Gasteiger partial charge < -0.3 is 4.42 Å². The molecule has 118 valence electrons. The van der Waals surface area contributed by atoms with Crippen LogP contribution in [0.1, 0.15) is 56.2 Å². The first kappa shape index (κ1) is 16.0. The van der Waals surface area contributed by atoms with E-state index < -0.39 is 0 Å². The number of hydrogen-bond acceptors (Lipinski definition) is 4. The molecule has 1 atom stereocenters. The van der Waals surface area contributed by atoms with Crippen LogP contribution in [0, 0.1) is 11.3 Å². The zero-order valence-electron chi connectivity index (χ0n) is 13.3. The van der Waals surface area contributed by atoms with Crippen LogP contribution in [0.5, 0.6) is 0 Å². The van der Waals surface area contributed by atoms with Crippen molar-refractivity contribution in [3.05, 3.63) is 23.7 Å². The summed E-state index contributed by atoms with van der Waals surface area (Å²) in [6.45, 7) is 9.86. The van der Waals surface area contributed by atoms with Gasteiger partial charge in [-0.05, 0) is 49.8 Å². The van der Waals surface area contributed by atoms with Crippen molar-refractivity contribution in [1.29, 1.82) is 0 Å². The normalized spacial score (nSPS) is 21.0. The van der Waals surface area contributed by atoms with Crippen molar-refractivity contribution < 1.29 is 9.21 Å². The first-order valence-corrected chi connectivity index (χ1v) is 7.71. The molecule has 5 heteroatoms. The lowest BCUT2D eigenvalue weighted by atomic mass is 9.77. The molecule has 21 heavy (non-hydrogen) atoms. The number of rotatable bonds is 3. The molecule has 0 spiro atoms. The van der Waals surface area contributed by atoms with Gasteiger partial charge in [0.2, 0.25) is 0 Å². The van der Waals surface area contributed by atoms with Gasteiger partial charge in [0.25, 0.3) is 0 Å². The first-order valence-electron chi connectivity index (χ1n) is 7.71. The number of nitrogens with two attached hydrogens (primary N) is 1. The minimum Gasteiger partial charge on any atom is -0.459 e. The molecule has 5 nitrogen and oxygen atoms in total. The number of amides is 1. The quantitative estimate of drug-likeness (QED) is 0.510. The molecule has 0 aliphatic carbocycles. The largest absolute Gasteiger partial charge is 0.459 e. The van der Waals surface area contributed by atoms with Crippen LogP contribution in [0.25, 0.3) is 0 Å². The fourth-order valence-corrected chi connectivity index (χ4v) is 3.15. The van der Waals surface area contributed by atoms with Gasteiger partial charge in [-0.25, -0.2) is 5.84 Å². The Labute approximate surface area is 126 Å². The summed E-state index contributed by atoms with van der Waals surface area (Å²) < 4.78 is 5.25. The van der Waals surface area contributed by atoms with Crippen LogP contribution in [-0.2, 0) is 6.54 Å². The molecule has 1 aromatic heterocycles. The molecule has 1 amide bonds. The van der Waals surface area contributed by atoms with Crippen molar-refractivity contribution in [3.8, 4) is 0 Å². The third kappa shape index (κ3) is 4.08. The average molecular weight is 293 g/mol. The first-order chi connectivity index (χ1) is 9.91. The van der Waals surface area contributed by atoms with E-state index in [1.165, 1.54) is 19.3 Å². The van der Waals surface area contributed by atoms with E-state index >= 15 is 0 Å². The van der Waals surface area contributed by atoms with Crippen molar-refractivity contribution in [2.45, 2.75) is 46.6 Å². The van der Waals surface area contributed by atoms with Gasteiger partial charge in [-0.15, -0.1) is 0 Å². The number of nitrogens with one attached hydrogen (secondary N) is 1. The molecule has 1 saturated heterocycles. The van der Waals surface area contributed by atoms with E-state index in [1.54, 1.807) is 6.26 Å². The molecular formula is C16H27N3O2. The Morgan fingerprint density at radius 3 is 2.86 bits per heavy atom. The summed E-state index contributed by atoms with van der Waals surface area (Å²) in [5, 5.41) is 0. The van der Waals surface area contributed by atoms with Gasteiger partial charge in [0.1, 0.15) is 0 Å². The average Bonchev–Trinajstić information content (AvgIpc) is 2.73. The monoisotopic (exact) mass is 293 g/mol. The number of likely N-dealkylation sites (tertiary alicyclic amines) is 1. The Kier molecular flexibility index (Phi) is 5.06. The molecule has 0 aromatic carbocycles. The van der Waals surface area contributed by atoms with E-state index in [4.69, 9.17) is 10.3 Å². The summed E-state index contributed by atoms with van der Waals surface area (Å²) in [4.78, 5) is 14.0. The molecule has 0 saturated carbocycles. The molecule has 1 aromatic rings. The highest BCUT2D eigenvalue weighted by molar-refractivity contribution is 5.92. The summed E-state index contributed by atoms with van der Waals surface area (Å²) in [6, 6.07) is 1.86. The number of nitrogen functional groups attached to an aromatic ring is 1. The highest BCUT2D eigenvalue weighted by Crippen LogP contribution is 2.34. The molecule has 1 aliphatic rings. The van der Waals surface area contributed by atoms with E-state index in [-0.39, 0.29) is 5.91 Å². The smallest absolute Gasteiger partial charge is 0.301 e. The van der Waals surface area contributed by atoms with Crippen molar-refractivity contribution in [1.82, 2.24) is 10.3 Å². The maximum atomic E-state index is 11.6. The van der Waals surface area contributed by atoms with Crippen LogP contribution < -0.4 is 11.3 Å². The maximum absolute atomic E-state index is 11.6. The Morgan fingerprint density at radius 2 is 2.19 bits per heavy atom. The van der Waals surface area contributed by atoms with Crippen molar-refractivity contribution >= 4 is 5.91 Å². The zero-order chi connectivity index (χ0) is 15.5. The number of nitrogens with zero attached hydrogens (tertiary/aromatic N) is 1. The Morgan fingerprint density at radius 1 is 1.43 bits per heavy atom. The van der Waals surface area contributed by atoms with Gasteiger partial charge in [0.15, 0.2) is 5.76 Å². The number of furan rings is 1. The topological polar surface area (TPSA) is 71.5 Å². The van der Waals surface area contributed by atoms with Crippen LogP contribution >= 0.6 is 0 Å². The Hall–Kier alpha value is -1.33. The number of carbonyl (C=O) groups is 1. The van der Waals surface area contributed by atoms with Crippen molar-refractivity contribution in [2.24, 2.45) is 17.2 Å². The molecule has 1 aliphatic heterocycles. The molecule has 0 bridgehead atoms. The highest BCUT2D eigenvalue weighted by Gasteiger charge is 2.27. The van der Waals surface area contributed by atoms with Crippen LogP contribution in [0.2, 0.25) is 0 Å². The Balaban J connectivity index is 1.98. The predicted octanol–water partition coefficient (Wildman–Crippen LogP) is 2.53. The van der Waals surface area contributed by atoms with E-state index in [9.17, 15) is 4.79 Å². The van der Waals surface area contributed by atoms with Crippen molar-refractivity contribution in [3.63, 3.8) is 0 Å². The minimum absolute atomic E-state index is 0.328. The summed E-state index contributed by atoms with van der Waals surface area (Å²) in [5.74, 6) is 5.91. The molecule has 0 radical (unpaired) electrons. The summed E-state index contributed by atoms with van der Waals surface area (Å²) in [5.41, 5.74) is 3.41. The number of hydrogen-bond donors (Lipinski definition) is 2. The van der Waals surface area contributed by atoms with E-state index in [2.05, 4.69) is 31.1 Å². The second-order valence-electron chi connectivity index (χ2n) is 7.02. The SMILES string of the molecule is CC(C)(C)C1CCCN(Cc2ccoc2C(=O)NN)CC1. The molecule has 3 N–H and O–H groups in total. The maximum Gasteiger partial charge on any atom is 0.301 e. The second kappa shape index (κ2) is 6.62. The Bertz CT molecular complexity index is 476. The molecule has 1 fully saturated rings. The minimum atomic E-state index is -0.364. The van der Waals surface area contributed by atoms with Crippen LogP contribution in [-0.4, -0.2) is 23.9 Å². The van der Waals surface area contributed by atoms with Gasteiger partial charge in [0, 0.05) is 12.1 Å². The van der Waals surface area contributed by atoms with Crippen LogP contribution in [0.15, 0.2) is 16.7 Å². The third-order valence-electron chi connectivity index (χ3n) is 4.52. The standard InChI is InChI=1S/C16H27N3O2/c1-16(2,3)13-5-4-8-19(9-6-13)11-12-7-10-21-14(12)15(20)18-17/h7,10,13H,4-6,8-9,11,17H2,1-3H3,(H,18,20). The summed E-state index contributed by atoms with van der Waals surface area (Å²) in [7, 11) is 0. The molecule has 2 rings (SSSR count). The lowest BCUT2D eigenvalue weighted by molar-refractivity contribution is 0.0923. The number of hydrazine groups is 1. The fourth-order valence-electron chi connectivity index (χ4n) is 3.15. The predicted molar refractivity (Wildman–Crippen MR) is 82.4 cm³/mol. The highest BCUT2D eigenvalue weighted by atomic mass is 16.3. The molecular weight excluding hydrogens is 266 g/mol. The molecule has 2 heterocycles. The summed E-state index contributed by atoms with van der Waals surface area (Å²) in [6.07, 6.45) is 5.25. The lowest BCUT2D eigenvalue weighted by Crippen LogP contribution is -2.31. The van der Waals surface area contributed by atoms with E-state index in [0.29, 0.717) is 11.2 Å². The third-order valence-corrected chi connectivity index (χ3v) is 4.52. The van der Waals surface area contributed by atoms with Gasteiger partial charge in [-0.2, -0.15) is 0 Å². The zero-order valence-corrected chi connectivity index (χ0v) is 13.3. The second-order valence-corrected chi connectivity index (χ2v) is 7.02. The van der Waals surface area contributed by atoms with E-state index in [0.717, 1.165) is 31.1 Å². The summed E-state index contributed by atoms with van der Waals surface area (Å²) >= 11 is 0. The van der Waals surface area contributed by atoms with E-state index in [1.807, 2.05) is 6.07 Å².